The number of hydrogen-bond donors (Lipinski definition) is 1. The summed E-state index contributed by atoms with van der Waals surface area (Å²) in [5.74, 6) is 0. The molecular formula is C10H15N3O3. The van der Waals surface area contributed by atoms with Crippen LogP contribution in [0.4, 0.5) is 5.69 Å². The number of aromatic nitrogens is 1. The van der Waals surface area contributed by atoms with E-state index in [1.54, 1.807) is 13.8 Å². The van der Waals surface area contributed by atoms with E-state index in [0.29, 0.717) is 30.0 Å². The molecule has 1 N–H and O–H groups in total. The zero-order valence-corrected chi connectivity index (χ0v) is 9.61. The number of nitrogens with zero attached hydrogens (tertiary/aromatic N) is 2. The summed E-state index contributed by atoms with van der Waals surface area (Å²) in [6.45, 7) is 6.12. The molecule has 0 bridgehead atoms. The first-order chi connectivity index (χ1) is 7.57. The molecule has 0 radical (unpaired) electrons. The van der Waals surface area contributed by atoms with Gasteiger partial charge in [0, 0.05) is 17.3 Å². The third-order valence-electron chi connectivity index (χ3n) is 2.24. The minimum Gasteiger partial charge on any atom is -0.302 e. The lowest BCUT2D eigenvalue weighted by atomic mass is 10.1. The Labute approximate surface area is 93.7 Å². The first-order valence-corrected chi connectivity index (χ1v) is 5.02. The van der Waals surface area contributed by atoms with Crippen LogP contribution in [0, 0.1) is 24.0 Å². The molecule has 0 aliphatic carbocycles. The summed E-state index contributed by atoms with van der Waals surface area (Å²) >= 11 is 0. The van der Waals surface area contributed by atoms with E-state index in [4.69, 9.17) is 4.84 Å². The SMILES string of the molecule is CCONCc1ncc(C)c([N+](=O)[O-])c1C. The van der Waals surface area contributed by atoms with Gasteiger partial charge in [-0.15, -0.1) is 0 Å². The summed E-state index contributed by atoms with van der Waals surface area (Å²) in [4.78, 5) is 19.6. The second-order valence-electron chi connectivity index (χ2n) is 3.37. The van der Waals surface area contributed by atoms with Gasteiger partial charge in [-0.25, -0.2) is 0 Å². The second-order valence-corrected chi connectivity index (χ2v) is 3.37. The first kappa shape index (κ1) is 12.5. The van der Waals surface area contributed by atoms with Crippen LogP contribution in [0.3, 0.4) is 0 Å². The molecule has 1 heterocycles. The van der Waals surface area contributed by atoms with E-state index in [2.05, 4.69) is 10.5 Å². The Morgan fingerprint density at radius 2 is 2.25 bits per heavy atom. The van der Waals surface area contributed by atoms with Crippen molar-refractivity contribution in [1.82, 2.24) is 10.5 Å². The number of nitro groups is 1. The van der Waals surface area contributed by atoms with Gasteiger partial charge in [-0.3, -0.25) is 15.1 Å². The average molecular weight is 225 g/mol. The zero-order chi connectivity index (χ0) is 12.1. The number of aryl methyl sites for hydroxylation is 1. The molecule has 0 aliphatic rings. The molecule has 0 saturated heterocycles. The molecule has 0 saturated carbocycles. The number of rotatable bonds is 5. The molecule has 1 rings (SSSR count). The molecule has 16 heavy (non-hydrogen) atoms. The van der Waals surface area contributed by atoms with Crippen LogP contribution < -0.4 is 5.48 Å². The van der Waals surface area contributed by atoms with Gasteiger partial charge in [-0.2, -0.15) is 5.48 Å². The van der Waals surface area contributed by atoms with Gasteiger partial charge in [-0.05, 0) is 20.8 Å². The lowest BCUT2D eigenvalue weighted by molar-refractivity contribution is -0.386. The largest absolute Gasteiger partial charge is 0.302 e. The van der Waals surface area contributed by atoms with E-state index in [9.17, 15) is 10.1 Å². The van der Waals surface area contributed by atoms with Gasteiger partial charge in [0.25, 0.3) is 5.69 Å². The number of pyridine rings is 1. The minimum absolute atomic E-state index is 0.128. The van der Waals surface area contributed by atoms with Crippen molar-refractivity contribution < 1.29 is 9.76 Å². The molecule has 0 fully saturated rings. The molecule has 1 aromatic heterocycles. The molecular weight excluding hydrogens is 210 g/mol. The van der Waals surface area contributed by atoms with Crippen LogP contribution in [0.25, 0.3) is 0 Å². The summed E-state index contributed by atoms with van der Waals surface area (Å²) in [7, 11) is 0. The summed E-state index contributed by atoms with van der Waals surface area (Å²) in [5, 5.41) is 10.9. The quantitative estimate of drug-likeness (QED) is 0.468. The Morgan fingerprint density at radius 1 is 1.56 bits per heavy atom. The Balaban J connectivity index is 2.95. The minimum atomic E-state index is -0.378. The highest BCUT2D eigenvalue weighted by molar-refractivity contribution is 5.47. The molecule has 0 spiro atoms. The van der Waals surface area contributed by atoms with Crippen LogP contribution in [-0.2, 0) is 11.4 Å². The van der Waals surface area contributed by atoms with Crippen molar-refractivity contribution in [2.45, 2.75) is 27.3 Å². The van der Waals surface area contributed by atoms with Gasteiger partial charge in [0.2, 0.25) is 0 Å². The Kier molecular flexibility index (Phi) is 4.33. The average Bonchev–Trinajstić information content (AvgIpc) is 2.21. The number of nitrogens with one attached hydrogen (secondary N) is 1. The predicted molar refractivity (Wildman–Crippen MR) is 58.8 cm³/mol. The summed E-state index contributed by atoms with van der Waals surface area (Å²) < 4.78 is 0. The molecule has 0 unspecified atom stereocenters. The van der Waals surface area contributed by atoms with Crippen molar-refractivity contribution in [3.8, 4) is 0 Å². The van der Waals surface area contributed by atoms with Crippen molar-refractivity contribution in [3.63, 3.8) is 0 Å². The maximum atomic E-state index is 10.9. The maximum Gasteiger partial charge on any atom is 0.278 e. The van der Waals surface area contributed by atoms with Crippen molar-refractivity contribution in [3.05, 3.63) is 33.1 Å². The molecule has 6 nitrogen and oxygen atoms in total. The fourth-order valence-corrected chi connectivity index (χ4v) is 1.45. The molecule has 88 valence electrons. The highest BCUT2D eigenvalue weighted by atomic mass is 16.6. The number of hydrogen-bond acceptors (Lipinski definition) is 5. The Morgan fingerprint density at radius 3 is 2.81 bits per heavy atom. The normalized spacial score (nSPS) is 10.4. The monoisotopic (exact) mass is 225 g/mol. The molecule has 6 heteroatoms. The molecule has 0 amide bonds. The van der Waals surface area contributed by atoms with E-state index in [1.165, 1.54) is 6.20 Å². The Hall–Kier alpha value is -1.53. The topological polar surface area (TPSA) is 77.3 Å². The van der Waals surface area contributed by atoms with E-state index in [-0.39, 0.29) is 10.6 Å². The third-order valence-corrected chi connectivity index (χ3v) is 2.24. The van der Waals surface area contributed by atoms with Crippen LogP contribution >= 0.6 is 0 Å². The van der Waals surface area contributed by atoms with E-state index in [1.807, 2.05) is 6.92 Å². The highest BCUT2D eigenvalue weighted by Crippen LogP contribution is 2.23. The Bertz CT molecular complexity index is 393. The standard InChI is InChI=1S/C10H15N3O3/c1-4-16-12-6-9-8(3)10(13(14)15)7(2)5-11-9/h5,12H,4,6H2,1-3H3. The zero-order valence-electron chi connectivity index (χ0n) is 9.61. The van der Waals surface area contributed by atoms with E-state index >= 15 is 0 Å². The lowest BCUT2D eigenvalue weighted by Crippen LogP contribution is -2.16. The third kappa shape index (κ3) is 2.74. The first-order valence-electron chi connectivity index (χ1n) is 5.02. The van der Waals surface area contributed by atoms with Gasteiger partial charge in [-0.1, -0.05) is 0 Å². The summed E-state index contributed by atoms with van der Waals surface area (Å²) in [6, 6.07) is 0. The van der Waals surface area contributed by atoms with Gasteiger partial charge in [0.15, 0.2) is 0 Å². The van der Waals surface area contributed by atoms with E-state index in [0.717, 1.165) is 0 Å². The lowest BCUT2D eigenvalue weighted by Gasteiger charge is -2.08. The molecule has 0 aliphatic heterocycles. The van der Waals surface area contributed by atoms with Gasteiger partial charge in [0.05, 0.1) is 23.8 Å². The van der Waals surface area contributed by atoms with Crippen molar-refractivity contribution in [2.24, 2.45) is 0 Å². The van der Waals surface area contributed by atoms with Gasteiger partial charge in [0.1, 0.15) is 0 Å². The van der Waals surface area contributed by atoms with Crippen molar-refractivity contribution in [1.29, 1.82) is 0 Å². The maximum absolute atomic E-state index is 10.9. The van der Waals surface area contributed by atoms with Gasteiger partial charge < -0.3 is 4.84 Å². The van der Waals surface area contributed by atoms with Crippen LogP contribution in [0.5, 0.6) is 0 Å². The van der Waals surface area contributed by atoms with Crippen LogP contribution in [0.1, 0.15) is 23.7 Å². The number of hydroxylamine groups is 1. The fourth-order valence-electron chi connectivity index (χ4n) is 1.45. The second kappa shape index (κ2) is 5.53. The van der Waals surface area contributed by atoms with Crippen LogP contribution in [0.2, 0.25) is 0 Å². The predicted octanol–water partition coefficient (Wildman–Crippen LogP) is 1.65. The summed E-state index contributed by atoms with van der Waals surface area (Å²) in [5.41, 5.74) is 4.60. The van der Waals surface area contributed by atoms with Crippen molar-refractivity contribution >= 4 is 5.69 Å². The fraction of sp³-hybridized carbons (Fsp3) is 0.500. The van der Waals surface area contributed by atoms with Crippen LogP contribution in [0.15, 0.2) is 6.20 Å². The molecule has 1 aromatic rings. The smallest absolute Gasteiger partial charge is 0.278 e. The summed E-state index contributed by atoms with van der Waals surface area (Å²) in [6.07, 6.45) is 1.51. The van der Waals surface area contributed by atoms with Gasteiger partial charge >= 0.3 is 0 Å². The van der Waals surface area contributed by atoms with Crippen LogP contribution in [-0.4, -0.2) is 16.5 Å². The molecule has 0 aromatic carbocycles. The highest BCUT2D eigenvalue weighted by Gasteiger charge is 2.18. The van der Waals surface area contributed by atoms with E-state index < -0.39 is 0 Å². The molecule has 0 atom stereocenters. The van der Waals surface area contributed by atoms with Crippen molar-refractivity contribution in [2.75, 3.05) is 6.61 Å².